The van der Waals surface area contributed by atoms with Gasteiger partial charge in [-0.1, -0.05) is 23.6 Å². The van der Waals surface area contributed by atoms with Gasteiger partial charge in [0.25, 0.3) is 18.8 Å². The molecule has 2 aromatic heterocycles. The molecule has 3 atom stereocenters. The molecule has 3 aliphatic carbocycles. The number of fused-ring (bicyclic) bond motifs is 2. The average molecular weight is 960 g/mol. The van der Waals surface area contributed by atoms with Crippen molar-refractivity contribution < 1.29 is 56.8 Å². The molecule has 0 spiro atoms. The number of hydrogen-bond acceptors (Lipinski definition) is 9. The van der Waals surface area contributed by atoms with Crippen LogP contribution >= 0.6 is 11.6 Å². The van der Waals surface area contributed by atoms with Crippen LogP contribution in [0.25, 0.3) is 22.0 Å². The molecule has 0 bridgehead atoms. The number of sulfonamides is 1. The number of carbonyl (C=O) groups excluding carboxylic acids is 1. The number of nitrogens with zero attached hydrogens (tertiary/aromatic N) is 3. The molecule has 2 saturated carbocycles. The van der Waals surface area contributed by atoms with Crippen molar-refractivity contribution in [3.05, 3.63) is 87.3 Å². The van der Waals surface area contributed by atoms with Crippen molar-refractivity contribution in [3.63, 3.8) is 0 Å². The Kier molecular flexibility index (Phi) is 12.4. The minimum absolute atomic E-state index is 0.00506. The van der Waals surface area contributed by atoms with Crippen LogP contribution in [0.3, 0.4) is 0 Å². The molecule has 0 unspecified atom stereocenters. The second-order valence-electron chi connectivity index (χ2n) is 16.3. The molecule has 4 aromatic rings. The van der Waals surface area contributed by atoms with E-state index in [9.17, 15) is 48.0 Å². The number of amides is 1. The van der Waals surface area contributed by atoms with Crippen molar-refractivity contribution in [2.24, 2.45) is 11.8 Å². The third-order valence-corrected chi connectivity index (χ3v) is 15.3. The molecule has 0 saturated heterocycles. The quantitative estimate of drug-likeness (QED) is 0.0519. The number of alkyl halides is 6. The van der Waals surface area contributed by atoms with Gasteiger partial charge in [0.1, 0.15) is 34.3 Å². The van der Waals surface area contributed by atoms with Crippen molar-refractivity contribution >= 4 is 59.8 Å². The lowest BCUT2D eigenvalue weighted by molar-refractivity contribution is -0.121. The Morgan fingerprint density at radius 1 is 1.03 bits per heavy atom. The van der Waals surface area contributed by atoms with E-state index < -0.39 is 121 Å². The Labute approximate surface area is 366 Å². The van der Waals surface area contributed by atoms with Crippen LogP contribution in [0.15, 0.2) is 53.7 Å². The van der Waals surface area contributed by atoms with Gasteiger partial charge in [-0.2, -0.15) is 13.9 Å². The monoisotopic (exact) mass is 959 g/mol. The number of allylic oxidation sites excluding steroid dienone is 2. The van der Waals surface area contributed by atoms with Gasteiger partial charge in [0.15, 0.2) is 15.7 Å². The van der Waals surface area contributed by atoms with Gasteiger partial charge in [-0.15, -0.1) is 0 Å². The number of hydrogen-bond donors (Lipinski definition) is 4. The maximum Gasteiger partial charge on any atom is 0.290 e. The van der Waals surface area contributed by atoms with Crippen LogP contribution in [-0.4, -0.2) is 84.8 Å². The van der Waals surface area contributed by atoms with Gasteiger partial charge in [0, 0.05) is 34.9 Å². The Morgan fingerprint density at radius 3 is 2.30 bits per heavy atom. The first kappa shape index (κ1) is 46.7. The second-order valence-corrected chi connectivity index (χ2v) is 21.2. The summed E-state index contributed by atoms with van der Waals surface area (Å²) in [4.78, 5) is 18.5. The van der Waals surface area contributed by atoms with Crippen molar-refractivity contribution in [1.29, 1.82) is 5.41 Å². The summed E-state index contributed by atoms with van der Waals surface area (Å²) in [6.07, 6.45) is -5.44. The summed E-state index contributed by atoms with van der Waals surface area (Å²) >= 11 is 6.61. The molecular weight excluding hydrogens is 922 g/mol. The van der Waals surface area contributed by atoms with Crippen molar-refractivity contribution in [3.8, 4) is 23.0 Å². The summed E-state index contributed by atoms with van der Waals surface area (Å²) in [5.41, 5.74) is -3.52. The molecule has 3 aliphatic rings. The molecule has 2 aromatic carbocycles. The Hall–Kier alpha value is -5.27. The molecular formula is C41H38ClF8N7O5S2. The fourth-order valence-electron chi connectivity index (χ4n) is 7.50. The van der Waals surface area contributed by atoms with Gasteiger partial charge in [-0.25, -0.2) is 48.2 Å². The van der Waals surface area contributed by atoms with Crippen LogP contribution in [0.5, 0.6) is 0 Å². The minimum Gasteiger partial charge on any atom is -0.374 e. The van der Waals surface area contributed by atoms with Crippen LogP contribution in [0.2, 0.25) is 5.02 Å². The van der Waals surface area contributed by atoms with E-state index >= 15 is 8.78 Å². The van der Waals surface area contributed by atoms with E-state index in [1.165, 1.54) is 38.1 Å². The highest BCUT2D eigenvalue weighted by atomic mass is 35.5. The number of benzene rings is 2. The first-order valence-electron chi connectivity index (χ1n) is 19.5. The predicted molar refractivity (Wildman–Crippen MR) is 222 cm³/mol. The van der Waals surface area contributed by atoms with E-state index in [0.29, 0.717) is 18.9 Å². The maximum absolute atomic E-state index is 15.4. The number of halogens is 9. The van der Waals surface area contributed by atoms with E-state index in [-0.39, 0.29) is 56.2 Å². The first-order chi connectivity index (χ1) is 29.8. The zero-order valence-electron chi connectivity index (χ0n) is 33.8. The third-order valence-electron chi connectivity index (χ3n) is 11.2. The highest BCUT2D eigenvalue weighted by Crippen LogP contribution is 2.62. The van der Waals surface area contributed by atoms with E-state index in [4.69, 9.17) is 17.0 Å². The SMILES string of the molecule is CC(C)(C#Cc1ccc(-c2ccc(Cl)c3c(NS(=O)(=O)C4CC4)nn(CC(F)F)c23)c([C@H](Cc2cc(F)cc(F)c2)NC(=O)CNC2=C(C(=N)C(F)F)[C@H]3C[C@H]3C2(F)F)n1)S(C)(=O)=O. The third kappa shape index (κ3) is 9.42. The van der Waals surface area contributed by atoms with E-state index in [0.717, 1.165) is 23.1 Å². The standard InChI is InChI=1S/C41H38ClF8N7O5S2/c1-40(2,63(3,59)60)11-10-22-4-7-24(25-8-9-28(42)33-36(25)57(18-30(45)46)55-39(33)56-64(61,62)23-5-6-23)35(53-22)29(14-19-12-20(43)15-21(44)13-19)54-31(58)17-52-37-32(34(51)38(47)48)26-16-27(26)41(37,49)50/h4,7-9,12-13,15,23,26-27,29-30,38,51-52H,5-6,14,16-18H2,1-3H3,(H,54,58)(H,55,56)/t26-,27+,29-/m0/s1. The summed E-state index contributed by atoms with van der Waals surface area (Å²) in [6, 6.07) is 6.24. The lowest BCUT2D eigenvalue weighted by Crippen LogP contribution is -2.41. The number of carbonyl (C=O) groups is 1. The van der Waals surface area contributed by atoms with Gasteiger partial charge in [-0.3, -0.25) is 19.6 Å². The number of sulfone groups is 1. The van der Waals surface area contributed by atoms with Crippen LogP contribution in [0, 0.1) is 40.7 Å². The van der Waals surface area contributed by atoms with E-state index in [1.807, 2.05) is 0 Å². The fourth-order valence-corrected chi connectivity index (χ4v) is 9.31. The smallest absolute Gasteiger partial charge is 0.290 e. The molecule has 0 radical (unpaired) electrons. The molecule has 64 heavy (non-hydrogen) atoms. The van der Waals surface area contributed by atoms with E-state index in [2.05, 4.69) is 37.3 Å². The molecule has 4 N–H and O–H groups in total. The van der Waals surface area contributed by atoms with Crippen molar-refractivity contribution in [2.45, 2.75) is 80.9 Å². The maximum atomic E-state index is 15.4. The van der Waals surface area contributed by atoms with Crippen LogP contribution in [0.1, 0.15) is 56.1 Å². The lowest BCUT2D eigenvalue weighted by Gasteiger charge is -2.24. The lowest BCUT2D eigenvalue weighted by atomic mass is 9.93. The molecule has 12 nitrogen and oxygen atoms in total. The second kappa shape index (κ2) is 16.9. The Morgan fingerprint density at radius 2 is 1.69 bits per heavy atom. The van der Waals surface area contributed by atoms with Crippen LogP contribution in [0.4, 0.5) is 40.9 Å². The number of aromatic nitrogens is 3. The average Bonchev–Trinajstić information content (AvgIpc) is 4.11. The molecule has 23 heteroatoms. The highest BCUT2D eigenvalue weighted by molar-refractivity contribution is 7.93. The summed E-state index contributed by atoms with van der Waals surface area (Å²) in [5, 5.41) is 15.8. The fraction of sp³-hybridized carbons (Fsp3) is 0.415. The molecule has 2 heterocycles. The Bertz CT molecular complexity index is 2890. The molecule has 1 amide bonds. The predicted octanol–water partition coefficient (Wildman–Crippen LogP) is 7.19. The van der Waals surface area contributed by atoms with Gasteiger partial charge >= 0.3 is 0 Å². The number of pyridine rings is 1. The normalized spacial score (nSPS) is 18.8. The first-order valence-corrected chi connectivity index (χ1v) is 23.3. The van der Waals surface area contributed by atoms with Gasteiger partial charge in [0.05, 0.1) is 45.2 Å². The van der Waals surface area contributed by atoms with Gasteiger partial charge in [0.2, 0.25) is 15.9 Å². The summed E-state index contributed by atoms with van der Waals surface area (Å²) in [7, 11) is -7.83. The number of anilines is 1. The summed E-state index contributed by atoms with van der Waals surface area (Å²) in [6.45, 7) is 0.573. The largest absolute Gasteiger partial charge is 0.374 e. The summed E-state index contributed by atoms with van der Waals surface area (Å²) in [5.74, 6) is -4.32. The number of rotatable bonds is 16. The molecule has 342 valence electrons. The topological polar surface area (TPSA) is 176 Å². The van der Waals surface area contributed by atoms with Crippen LogP contribution in [-0.2, 0) is 37.6 Å². The zero-order valence-corrected chi connectivity index (χ0v) is 36.2. The zero-order chi connectivity index (χ0) is 46.8. The molecule has 2 fully saturated rings. The molecule has 0 aliphatic heterocycles. The minimum atomic E-state index is -4.04. The Balaban J connectivity index is 1.40. The van der Waals surface area contributed by atoms with Gasteiger partial charge in [-0.05, 0) is 87.3 Å². The van der Waals surface area contributed by atoms with Crippen LogP contribution < -0.4 is 15.4 Å². The number of nitrogens with one attached hydrogen (secondary N) is 4. The highest BCUT2D eigenvalue weighted by Gasteiger charge is 2.66. The van der Waals surface area contributed by atoms with E-state index in [1.54, 1.807) is 0 Å². The van der Waals surface area contributed by atoms with Crippen molar-refractivity contribution in [2.75, 3.05) is 17.5 Å². The van der Waals surface area contributed by atoms with Crippen molar-refractivity contribution in [1.82, 2.24) is 25.4 Å². The molecule has 7 rings (SSSR count). The summed E-state index contributed by atoms with van der Waals surface area (Å²) < 4.78 is 168. The van der Waals surface area contributed by atoms with Gasteiger partial charge < -0.3 is 10.6 Å².